The van der Waals surface area contributed by atoms with Crippen molar-refractivity contribution in [3.8, 4) is 5.75 Å². The number of aromatic nitrogens is 2. The van der Waals surface area contributed by atoms with Crippen LogP contribution in [0.25, 0.3) is 0 Å². The van der Waals surface area contributed by atoms with Gasteiger partial charge in [-0.3, -0.25) is 14.2 Å². The van der Waals surface area contributed by atoms with E-state index < -0.39 is 5.56 Å². The SMILES string of the molecule is O=C1Cn2c(Cl)cnc(c2=O)N[C@@H](Cc2ccccc2)CNCCCCOc2ccc(Cl)cc2CN1. The molecule has 1 aromatic heterocycles. The highest BCUT2D eigenvalue weighted by Crippen LogP contribution is 2.23. The Hall–Kier alpha value is -3.07. The molecule has 3 N–H and O–H groups in total. The van der Waals surface area contributed by atoms with Crippen molar-refractivity contribution in [1.82, 2.24) is 20.2 Å². The fraction of sp³-hybridized carbons (Fsp3) is 0.346. The maximum absolute atomic E-state index is 13.2. The summed E-state index contributed by atoms with van der Waals surface area (Å²) in [5, 5.41) is 10.2. The van der Waals surface area contributed by atoms with E-state index in [1.807, 2.05) is 30.3 Å². The van der Waals surface area contributed by atoms with E-state index in [2.05, 4.69) is 20.9 Å². The van der Waals surface area contributed by atoms with Crippen molar-refractivity contribution < 1.29 is 9.53 Å². The highest BCUT2D eigenvalue weighted by molar-refractivity contribution is 6.30. The fourth-order valence-electron chi connectivity index (χ4n) is 4.01. The van der Waals surface area contributed by atoms with E-state index in [1.54, 1.807) is 18.2 Å². The summed E-state index contributed by atoms with van der Waals surface area (Å²) >= 11 is 12.4. The molecule has 0 saturated carbocycles. The lowest BCUT2D eigenvalue weighted by molar-refractivity contribution is -0.121. The van der Waals surface area contributed by atoms with Gasteiger partial charge in [0.15, 0.2) is 5.82 Å². The maximum Gasteiger partial charge on any atom is 0.294 e. The zero-order valence-corrected chi connectivity index (χ0v) is 21.3. The van der Waals surface area contributed by atoms with Crippen LogP contribution in [0.15, 0.2) is 59.5 Å². The molecule has 4 rings (SSSR count). The zero-order valence-electron chi connectivity index (χ0n) is 19.8. The van der Waals surface area contributed by atoms with Crippen molar-refractivity contribution in [1.29, 1.82) is 0 Å². The molecule has 2 heterocycles. The van der Waals surface area contributed by atoms with Crippen molar-refractivity contribution in [3.05, 3.63) is 86.4 Å². The molecule has 8 nitrogen and oxygen atoms in total. The number of fused-ring (bicyclic) bond motifs is 3. The molecule has 36 heavy (non-hydrogen) atoms. The molecule has 2 aromatic carbocycles. The second kappa shape index (κ2) is 12.8. The summed E-state index contributed by atoms with van der Waals surface area (Å²) in [6, 6.07) is 15.3. The van der Waals surface area contributed by atoms with Gasteiger partial charge >= 0.3 is 0 Å². The predicted octanol–water partition coefficient (Wildman–Crippen LogP) is 3.65. The summed E-state index contributed by atoms with van der Waals surface area (Å²) in [4.78, 5) is 30.1. The number of amides is 1. The molecule has 0 saturated heterocycles. The van der Waals surface area contributed by atoms with Crippen LogP contribution in [0.2, 0.25) is 10.2 Å². The summed E-state index contributed by atoms with van der Waals surface area (Å²) in [5.41, 5.74) is 1.44. The summed E-state index contributed by atoms with van der Waals surface area (Å²) in [5.74, 6) is 0.453. The van der Waals surface area contributed by atoms with Gasteiger partial charge in [0.25, 0.3) is 5.56 Å². The molecule has 1 aliphatic rings. The molecule has 0 radical (unpaired) electrons. The van der Waals surface area contributed by atoms with Gasteiger partial charge in [0.05, 0.1) is 12.8 Å². The van der Waals surface area contributed by atoms with Crippen molar-refractivity contribution >= 4 is 34.9 Å². The Morgan fingerprint density at radius 2 is 1.92 bits per heavy atom. The molecule has 0 unspecified atom stereocenters. The van der Waals surface area contributed by atoms with Crippen LogP contribution in [0.1, 0.15) is 24.0 Å². The minimum Gasteiger partial charge on any atom is -0.493 e. The largest absolute Gasteiger partial charge is 0.493 e. The Balaban J connectivity index is 1.57. The third-order valence-electron chi connectivity index (χ3n) is 5.87. The summed E-state index contributed by atoms with van der Waals surface area (Å²) in [7, 11) is 0. The highest BCUT2D eigenvalue weighted by Gasteiger charge is 2.17. The lowest BCUT2D eigenvalue weighted by Gasteiger charge is -2.21. The minimum absolute atomic E-state index is 0.0830. The molecule has 3 aromatic rings. The summed E-state index contributed by atoms with van der Waals surface area (Å²) < 4.78 is 7.17. The third kappa shape index (κ3) is 7.22. The van der Waals surface area contributed by atoms with E-state index in [-0.39, 0.29) is 36.0 Å². The van der Waals surface area contributed by atoms with Crippen molar-refractivity contribution in [2.45, 2.75) is 38.4 Å². The zero-order chi connectivity index (χ0) is 25.3. The number of carbonyl (C=O) groups excluding carboxylic acids is 1. The minimum atomic E-state index is -0.455. The molecule has 1 atom stereocenters. The van der Waals surface area contributed by atoms with E-state index in [0.717, 1.165) is 30.5 Å². The van der Waals surface area contributed by atoms with Gasteiger partial charge in [-0.05, 0) is 49.6 Å². The Labute approximate surface area is 220 Å². The van der Waals surface area contributed by atoms with Crippen LogP contribution in [0.3, 0.4) is 0 Å². The first kappa shape index (κ1) is 26.0. The molecule has 0 fully saturated rings. The Kier molecular flexibility index (Phi) is 9.22. The molecular weight excluding hydrogens is 501 g/mol. The van der Waals surface area contributed by atoms with E-state index >= 15 is 0 Å². The summed E-state index contributed by atoms with van der Waals surface area (Å²) in [6.45, 7) is 1.94. The third-order valence-corrected chi connectivity index (χ3v) is 6.40. The van der Waals surface area contributed by atoms with Crippen molar-refractivity contribution in [2.24, 2.45) is 0 Å². The number of hydrogen-bond acceptors (Lipinski definition) is 6. The lowest BCUT2D eigenvalue weighted by atomic mass is 10.1. The van der Waals surface area contributed by atoms with Crippen LogP contribution >= 0.6 is 23.2 Å². The van der Waals surface area contributed by atoms with Crippen LogP contribution in [0.5, 0.6) is 5.75 Å². The van der Waals surface area contributed by atoms with E-state index in [4.69, 9.17) is 27.9 Å². The molecule has 1 aliphatic heterocycles. The molecule has 190 valence electrons. The molecule has 10 heteroatoms. The van der Waals surface area contributed by atoms with Gasteiger partial charge in [0, 0.05) is 29.7 Å². The van der Waals surface area contributed by atoms with Gasteiger partial charge < -0.3 is 20.7 Å². The van der Waals surface area contributed by atoms with Crippen LogP contribution in [0.4, 0.5) is 5.82 Å². The first-order valence-corrected chi connectivity index (χ1v) is 12.7. The quantitative estimate of drug-likeness (QED) is 0.468. The average Bonchev–Trinajstić information content (AvgIpc) is 2.87. The highest BCUT2D eigenvalue weighted by atomic mass is 35.5. The topological polar surface area (TPSA) is 97.3 Å². The molecular formula is C26H29Cl2N5O3. The van der Waals surface area contributed by atoms with Gasteiger partial charge in [-0.25, -0.2) is 4.98 Å². The Morgan fingerprint density at radius 3 is 2.75 bits per heavy atom. The van der Waals surface area contributed by atoms with E-state index in [0.29, 0.717) is 30.3 Å². The maximum atomic E-state index is 13.2. The number of carbonyl (C=O) groups is 1. The monoisotopic (exact) mass is 529 g/mol. The van der Waals surface area contributed by atoms with E-state index in [9.17, 15) is 9.59 Å². The van der Waals surface area contributed by atoms with Gasteiger partial charge in [-0.2, -0.15) is 0 Å². The van der Waals surface area contributed by atoms with Gasteiger partial charge in [-0.15, -0.1) is 0 Å². The molecule has 2 bridgehead atoms. The number of hydrogen-bond donors (Lipinski definition) is 3. The number of nitrogens with one attached hydrogen (secondary N) is 3. The number of nitrogens with zero attached hydrogens (tertiary/aromatic N) is 2. The first-order valence-electron chi connectivity index (χ1n) is 11.9. The molecule has 0 aliphatic carbocycles. The standard InChI is InChI=1S/C26H29Cl2N5O3/c27-20-8-9-22-19(13-20)14-30-24(34)17-33-23(28)16-31-25(26(33)35)32-21(12-18-6-2-1-3-7-18)15-29-10-4-5-11-36-22/h1-3,6-9,13,16,21,29H,4-5,10-12,14-15,17H2,(H,30,34)(H,31,32)/t21-/m0/s1. The molecule has 0 spiro atoms. The normalized spacial score (nSPS) is 17.5. The van der Waals surface area contributed by atoms with Crippen LogP contribution in [0, 0.1) is 0 Å². The number of anilines is 1. The van der Waals surface area contributed by atoms with Gasteiger partial charge in [0.1, 0.15) is 17.4 Å². The number of benzene rings is 2. The van der Waals surface area contributed by atoms with Crippen LogP contribution < -0.4 is 26.2 Å². The Bertz CT molecular complexity index is 1240. The fourth-order valence-corrected chi connectivity index (χ4v) is 4.39. The average molecular weight is 530 g/mol. The summed E-state index contributed by atoms with van der Waals surface area (Å²) in [6.07, 6.45) is 3.86. The van der Waals surface area contributed by atoms with Crippen LogP contribution in [-0.4, -0.2) is 41.2 Å². The predicted molar refractivity (Wildman–Crippen MR) is 142 cm³/mol. The second-order valence-electron chi connectivity index (χ2n) is 8.64. The first-order chi connectivity index (χ1) is 17.5. The number of ether oxygens (including phenoxy) is 1. The van der Waals surface area contributed by atoms with E-state index in [1.165, 1.54) is 10.8 Å². The molecule has 1 amide bonds. The van der Waals surface area contributed by atoms with Gasteiger partial charge in [0.2, 0.25) is 5.91 Å². The second-order valence-corrected chi connectivity index (χ2v) is 9.46. The van der Waals surface area contributed by atoms with Crippen molar-refractivity contribution in [2.75, 3.05) is 25.0 Å². The smallest absolute Gasteiger partial charge is 0.294 e. The van der Waals surface area contributed by atoms with Crippen molar-refractivity contribution in [3.63, 3.8) is 0 Å². The lowest BCUT2D eigenvalue weighted by Crippen LogP contribution is -2.39. The van der Waals surface area contributed by atoms with Crippen LogP contribution in [-0.2, 0) is 24.3 Å². The number of halogens is 2. The Morgan fingerprint density at radius 1 is 1.08 bits per heavy atom. The number of rotatable bonds is 2. The van der Waals surface area contributed by atoms with Gasteiger partial charge in [-0.1, -0.05) is 53.5 Å².